The maximum Gasteiger partial charge on any atom is 0.472 e. The molecule has 16 nitrogen and oxygen atoms in total. The van der Waals surface area contributed by atoms with E-state index in [-0.39, 0.29) is 19.3 Å². The van der Waals surface area contributed by atoms with Crippen molar-refractivity contribution in [2.24, 2.45) is 0 Å². The maximum absolute atomic E-state index is 13.0. The second-order valence-electron chi connectivity index (χ2n) is 31.8. The number of allylic oxidation sites excluding steroid dienone is 22. The molecule has 676 valence electrons. The van der Waals surface area contributed by atoms with Crippen LogP contribution in [0.15, 0.2) is 134 Å². The molecule has 0 amide bonds. The summed E-state index contributed by atoms with van der Waals surface area (Å²) in [4.78, 5) is 58.9. The average molecular weight is 1680 g/mol. The lowest BCUT2D eigenvalue weighted by molar-refractivity contribution is -0.161. The lowest BCUT2D eigenvalue weighted by atomic mass is 10.0. The van der Waals surface area contributed by atoms with Crippen molar-refractivity contribution < 1.29 is 75.8 Å². The Hall–Kier alpha value is -4.31. The molecule has 0 aromatic rings. The number of carbonyl (C=O) groups is 3. The van der Waals surface area contributed by atoms with Gasteiger partial charge in [0.2, 0.25) is 0 Å². The van der Waals surface area contributed by atoms with Gasteiger partial charge in [0, 0.05) is 19.3 Å². The van der Waals surface area contributed by atoms with Crippen LogP contribution in [0.3, 0.4) is 0 Å². The van der Waals surface area contributed by atoms with E-state index >= 15 is 0 Å². The Balaban J connectivity index is 4.36. The topological polar surface area (TPSA) is 231 Å². The minimum absolute atomic E-state index is 0.0949. The van der Waals surface area contributed by atoms with Crippen LogP contribution >= 0.6 is 15.6 Å². The van der Waals surface area contributed by atoms with Crippen LogP contribution < -0.4 is 0 Å². The Kier molecular flexibility index (Phi) is 87.6. The van der Waals surface area contributed by atoms with Crippen LogP contribution in [0.4, 0.5) is 0 Å². The van der Waals surface area contributed by atoms with Crippen LogP contribution in [0.5, 0.6) is 0 Å². The SMILES string of the molecule is CC/C=C\C/C=C\C/C=C\C/C=C\C/C=C\C/C=C\CCCCCCCCCCCCCCCCC(=O)OCC(COP(=O)(O)OCC(O)COP(=O)(O)OCC(O)COC(=O)CCCCCCCCCCCCCCCCCCCCC/C=C\C/C=C\C/C=C\C/C=C\CCCCC)OC(=O)CCCCCCC/C=C\CCCCCC. The normalized spacial score (nSPS) is 14.4. The molecule has 5 atom stereocenters. The van der Waals surface area contributed by atoms with Crippen molar-refractivity contribution in [3.8, 4) is 0 Å². The van der Waals surface area contributed by atoms with Crippen LogP contribution in [-0.2, 0) is 55.8 Å². The quantitative estimate of drug-likeness (QED) is 0.0146. The number of carbonyl (C=O) groups excluding carboxylic acids is 3. The monoisotopic (exact) mass is 1680 g/mol. The molecular weight excluding hydrogens is 1510 g/mol. The first-order valence-corrected chi connectivity index (χ1v) is 50.5. The smallest absolute Gasteiger partial charge is 0.463 e. The Morgan fingerprint density at radius 2 is 0.453 bits per heavy atom. The molecule has 0 saturated carbocycles. The van der Waals surface area contributed by atoms with Gasteiger partial charge in [-0.2, -0.15) is 0 Å². The van der Waals surface area contributed by atoms with Crippen LogP contribution in [0, 0.1) is 0 Å². The van der Waals surface area contributed by atoms with Crippen molar-refractivity contribution in [1.29, 1.82) is 0 Å². The van der Waals surface area contributed by atoms with Crippen LogP contribution in [0.1, 0.15) is 419 Å². The summed E-state index contributed by atoms with van der Waals surface area (Å²) in [7, 11) is -9.80. The predicted octanol–water partition coefficient (Wildman–Crippen LogP) is 29.3. The number of phosphoric ester groups is 2. The molecule has 0 bridgehead atoms. The summed E-state index contributed by atoms with van der Waals surface area (Å²) in [5, 5.41) is 20.7. The number of phosphoric acid groups is 2. The van der Waals surface area contributed by atoms with Gasteiger partial charge in [-0.05, 0) is 141 Å². The van der Waals surface area contributed by atoms with Gasteiger partial charge in [0.05, 0.1) is 26.4 Å². The molecule has 0 aromatic carbocycles. The number of aliphatic hydroxyl groups is 2. The van der Waals surface area contributed by atoms with E-state index in [0.29, 0.717) is 19.3 Å². The van der Waals surface area contributed by atoms with Gasteiger partial charge in [-0.3, -0.25) is 32.5 Å². The van der Waals surface area contributed by atoms with Crippen molar-refractivity contribution in [2.75, 3.05) is 39.6 Å². The molecule has 0 radical (unpaired) electrons. The van der Waals surface area contributed by atoms with Gasteiger partial charge in [0.15, 0.2) is 6.10 Å². The van der Waals surface area contributed by atoms with Crippen molar-refractivity contribution in [2.45, 2.75) is 437 Å². The summed E-state index contributed by atoms with van der Waals surface area (Å²) in [6.45, 7) is 2.57. The third-order valence-electron chi connectivity index (χ3n) is 20.3. The minimum Gasteiger partial charge on any atom is -0.463 e. The zero-order chi connectivity index (χ0) is 85.1. The largest absolute Gasteiger partial charge is 0.472 e. The summed E-state index contributed by atoms with van der Waals surface area (Å²) >= 11 is 0. The van der Waals surface area contributed by atoms with Crippen molar-refractivity contribution in [3.63, 3.8) is 0 Å². The molecule has 0 heterocycles. The summed E-state index contributed by atoms with van der Waals surface area (Å²) in [5.74, 6) is -1.57. The molecule has 5 unspecified atom stereocenters. The fourth-order valence-electron chi connectivity index (χ4n) is 13.1. The van der Waals surface area contributed by atoms with Gasteiger partial charge in [0.1, 0.15) is 25.4 Å². The number of aliphatic hydroxyl groups excluding tert-OH is 2. The highest BCUT2D eigenvalue weighted by Gasteiger charge is 2.30. The summed E-state index contributed by atoms with van der Waals surface area (Å²) in [6, 6.07) is 0. The van der Waals surface area contributed by atoms with Gasteiger partial charge < -0.3 is 34.2 Å². The lowest BCUT2D eigenvalue weighted by Gasteiger charge is -2.21. The first kappa shape index (κ1) is 113. The minimum atomic E-state index is -4.94. The number of hydrogen-bond donors (Lipinski definition) is 4. The Bertz CT molecular complexity index is 2660. The highest BCUT2D eigenvalue weighted by atomic mass is 31.2. The fourth-order valence-corrected chi connectivity index (χ4v) is 14.7. The molecule has 0 spiro atoms. The van der Waals surface area contributed by atoms with Crippen molar-refractivity contribution in [3.05, 3.63) is 134 Å². The summed E-state index contributed by atoms with van der Waals surface area (Å²) < 4.78 is 61.4. The van der Waals surface area contributed by atoms with E-state index in [0.717, 1.165) is 141 Å². The molecular formula is C99H174O16P2. The van der Waals surface area contributed by atoms with E-state index in [2.05, 4.69) is 154 Å². The second kappa shape index (κ2) is 90.9. The molecule has 4 N–H and O–H groups in total. The van der Waals surface area contributed by atoms with Gasteiger partial charge in [-0.25, -0.2) is 9.13 Å². The van der Waals surface area contributed by atoms with Crippen molar-refractivity contribution >= 4 is 33.6 Å². The van der Waals surface area contributed by atoms with E-state index in [1.54, 1.807) is 0 Å². The van der Waals surface area contributed by atoms with Gasteiger partial charge in [0.25, 0.3) is 0 Å². The first-order chi connectivity index (χ1) is 57.2. The lowest BCUT2D eigenvalue weighted by Crippen LogP contribution is -2.30. The predicted molar refractivity (Wildman–Crippen MR) is 491 cm³/mol. The number of hydrogen-bond acceptors (Lipinski definition) is 14. The van der Waals surface area contributed by atoms with Gasteiger partial charge in [-0.15, -0.1) is 0 Å². The number of rotatable bonds is 90. The Morgan fingerprint density at radius 1 is 0.248 bits per heavy atom. The average Bonchev–Trinajstić information content (AvgIpc) is 0.898. The van der Waals surface area contributed by atoms with Crippen molar-refractivity contribution in [1.82, 2.24) is 0 Å². The molecule has 18 heteroatoms. The van der Waals surface area contributed by atoms with Crippen LogP contribution in [0.25, 0.3) is 0 Å². The number of unbranched alkanes of at least 4 members (excludes halogenated alkanes) is 45. The zero-order valence-corrected chi connectivity index (χ0v) is 76.4. The Labute approximate surface area is 715 Å². The standard InChI is InChI=1S/C99H174O16P2/c1-4-7-10-13-16-19-22-25-27-29-31-33-35-37-39-41-43-45-46-48-50-51-53-55-57-59-61-63-65-68-70-73-76-79-82-85-97(102)109-88-94(100)89-111-116(105,106)112-90-95(101)91-113-117(107,108)114-93-96(115-99(104)87-84-81-78-75-72-67-24-21-18-15-12-9-6-3)92-110-98(103)86-83-80-77-74-71-69-66-64-62-60-58-56-54-52-49-47-44-42-40-38-36-34-32-30-28-26-23-20-17-14-11-8-5-2/h8,11,16-17,19-21,24-28,31-34,37-40,44,47,94-96,100-101H,4-7,9-10,12-15,18,22-23,29-30,35-36,41-43,45-46,48-93H2,1-3H3,(H,105,106)(H,107,108)/b11-8-,19-16-,20-17-,24-21-,27-25-,28-26-,33-31-,34-32-,39-37-,40-38-,47-44-. The van der Waals surface area contributed by atoms with Crippen LogP contribution in [0.2, 0.25) is 0 Å². The molecule has 0 fully saturated rings. The third-order valence-corrected chi connectivity index (χ3v) is 22.2. The second-order valence-corrected chi connectivity index (χ2v) is 34.7. The molecule has 0 aliphatic heterocycles. The van der Waals surface area contributed by atoms with E-state index < -0.39 is 91.5 Å². The zero-order valence-electron chi connectivity index (χ0n) is 74.6. The first-order valence-electron chi connectivity index (χ1n) is 47.5. The van der Waals surface area contributed by atoms with Gasteiger partial charge in [-0.1, -0.05) is 392 Å². The Morgan fingerprint density at radius 3 is 0.744 bits per heavy atom. The van der Waals surface area contributed by atoms with Gasteiger partial charge >= 0.3 is 33.6 Å². The summed E-state index contributed by atoms with van der Waals surface area (Å²) in [5.41, 5.74) is 0. The number of esters is 3. The van der Waals surface area contributed by atoms with E-state index in [4.69, 9.17) is 32.3 Å². The molecule has 0 aliphatic rings. The highest BCUT2D eigenvalue weighted by Crippen LogP contribution is 2.45. The fraction of sp³-hybridized carbons (Fsp3) is 0.747. The van der Waals surface area contributed by atoms with Crippen LogP contribution in [-0.4, -0.2) is 95.9 Å². The highest BCUT2D eigenvalue weighted by molar-refractivity contribution is 7.47. The molecule has 0 aliphatic carbocycles. The maximum atomic E-state index is 13.0. The molecule has 0 rings (SSSR count). The molecule has 117 heavy (non-hydrogen) atoms. The van der Waals surface area contributed by atoms with E-state index in [1.165, 1.54) is 218 Å². The van der Waals surface area contributed by atoms with E-state index in [9.17, 15) is 43.5 Å². The molecule has 0 saturated heterocycles. The third kappa shape index (κ3) is 92.3. The molecule has 0 aromatic heterocycles. The summed E-state index contributed by atoms with van der Waals surface area (Å²) in [6.07, 6.45) is 114. The van der Waals surface area contributed by atoms with E-state index in [1.807, 2.05) is 0 Å². The number of ether oxygens (including phenoxy) is 3.